The van der Waals surface area contributed by atoms with E-state index in [1.54, 1.807) is 20.2 Å². The molecule has 0 saturated heterocycles. The lowest BCUT2D eigenvalue weighted by Gasteiger charge is -2.12. The predicted octanol–water partition coefficient (Wildman–Crippen LogP) is 3.03. The molecule has 0 fully saturated rings. The number of guanidine groups is 1. The lowest BCUT2D eigenvalue weighted by molar-refractivity contribution is 0.414. The van der Waals surface area contributed by atoms with Gasteiger partial charge in [-0.1, -0.05) is 17.7 Å². The molecule has 0 unspecified atom stereocenters. The molecule has 1 rings (SSSR count). The van der Waals surface area contributed by atoms with Crippen molar-refractivity contribution >= 4 is 41.5 Å². The van der Waals surface area contributed by atoms with Crippen molar-refractivity contribution in [3.8, 4) is 5.75 Å². The van der Waals surface area contributed by atoms with Gasteiger partial charge in [-0.25, -0.2) is 0 Å². The number of nitrogens with one attached hydrogen (secondary N) is 2. The number of aliphatic imine (C=N–C) groups is 1. The fourth-order valence-corrected chi connectivity index (χ4v) is 1.93. The standard InChI is InChI=1S/C14H21ClFN3O.HI/c1-17-14(18-8-3-7-16)19-9-6-11-4-5-12(20-2)10-13(11)15;/h4-5,10H,3,6-9H2,1-2H3,(H2,17,18,19);1H. The summed E-state index contributed by atoms with van der Waals surface area (Å²) in [7, 11) is 3.30. The Kier molecular flexibility index (Phi) is 11.4. The molecule has 2 N–H and O–H groups in total. The van der Waals surface area contributed by atoms with Crippen molar-refractivity contribution in [1.82, 2.24) is 10.6 Å². The SMILES string of the molecule is CN=C(NCCCF)NCCc1ccc(OC)cc1Cl.I. The number of halogens is 3. The van der Waals surface area contributed by atoms with Crippen LogP contribution in [0.3, 0.4) is 0 Å². The molecule has 0 aliphatic rings. The van der Waals surface area contributed by atoms with Crippen molar-refractivity contribution in [3.05, 3.63) is 28.8 Å². The smallest absolute Gasteiger partial charge is 0.190 e. The molecule has 1 aromatic carbocycles. The summed E-state index contributed by atoms with van der Waals surface area (Å²) in [4.78, 5) is 4.06. The van der Waals surface area contributed by atoms with E-state index < -0.39 is 0 Å². The van der Waals surface area contributed by atoms with Gasteiger partial charge in [0.1, 0.15) is 5.75 Å². The number of hydrogen-bond acceptors (Lipinski definition) is 2. The minimum Gasteiger partial charge on any atom is -0.497 e. The van der Waals surface area contributed by atoms with E-state index in [0.717, 1.165) is 17.7 Å². The molecule has 0 bridgehead atoms. The van der Waals surface area contributed by atoms with Crippen LogP contribution in [0.2, 0.25) is 5.02 Å². The van der Waals surface area contributed by atoms with Crippen molar-refractivity contribution in [2.45, 2.75) is 12.8 Å². The van der Waals surface area contributed by atoms with Crippen LogP contribution in [0.15, 0.2) is 23.2 Å². The van der Waals surface area contributed by atoms with E-state index in [4.69, 9.17) is 16.3 Å². The van der Waals surface area contributed by atoms with Gasteiger partial charge in [-0.2, -0.15) is 0 Å². The zero-order valence-corrected chi connectivity index (χ0v) is 15.4. The molecule has 1 aromatic rings. The average Bonchev–Trinajstić information content (AvgIpc) is 2.47. The Labute approximate surface area is 147 Å². The molecule has 7 heteroatoms. The topological polar surface area (TPSA) is 45.7 Å². The summed E-state index contributed by atoms with van der Waals surface area (Å²) >= 11 is 6.16. The molecule has 0 aromatic heterocycles. The Balaban J connectivity index is 0.00000400. The number of rotatable bonds is 7. The molecule has 120 valence electrons. The summed E-state index contributed by atoms with van der Waals surface area (Å²) in [6.45, 7) is 0.937. The molecule has 0 radical (unpaired) electrons. The molecule has 0 spiro atoms. The molecule has 0 aliphatic carbocycles. The number of hydrogen-bond donors (Lipinski definition) is 2. The van der Waals surface area contributed by atoms with Gasteiger partial charge in [0.2, 0.25) is 0 Å². The van der Waals surface area contributed by atoms with Gasteiger partial charge in [-0.05, 0) is 30.5 Å². The molecule has 0 aliphatic heterocycles. The summed E-state index contributed by atoms with van der Waals surface area (Å²) in [6, 6.07) is 5.63. The number of ether oxygens (including phenoxy) is 1. The van der Waals surface area contributed by atoms with Gasteiger partial charge >= 0.3 is 0 Å². The van der Waals surface area contributed by atoms with Gasteiger partial charge in [-0.3, -0.25) is 9.38 Å². The third kappa shape index (κ3) is 7.71. The Bertz CT molecular complexity index is 446. The van der Waals surface area contributed by atoms with Crippen LogP contribution in [-0.4, -0.2) is 39.9 Å². The molecule has 0 saturated carbocycles. The first kappa shape index (κ1) is 20.2. The highest BCUT2D eigenvalue weighted by Gasteiger charge is 2.03. The van der Waals surface area contributed by atoms with Gasteiger partial charge in [0.05, 0.1) is 13.8 Å². The van der Waals surface area contributed by atoms with Gasteiger partial charge in [-0.15, -0.1) is 24.0 Å². The highest BCUT2D eigenvalue weighted by molar-refractivity contribution is 14.0. The van der Waals surface area contributed by atoms with E-state index in [-0.39, 0.29) is 30.7 Å². The molecular formula is C14H22ClFIN3O. The summed E-state index contributed by atoms with van der Waals surface area (Å²) in [6.07, 6.45) is 1.25. The number of benzene rings is 1. The minimum absolute atomic E-state index is 0. The van der Waals surface area contributed by atoms with Crippen LogP contribution in [0.4, 0.5) is 4.39 Å². The maximum absolute atomic E-state index is 12.0. The maximum Gasteiger partial charge on any atom is 0.190 e. The summed E-state index contributed by atoms with van der Waals surface area (Å²) in [5.74, 6) is 1.42. The van der Waals surface area contributed by atoms with E-state index in [9.17, 15) is 4.39 Å². The van der Waals surface area contributed by atoms with Crippen LogP contribution in [0.1, 0.15) is 12.0 Å². The van der Waals surface area contributed by atoms with Crippen molar-refractivity contribution in [2.24, 2.45) is 4.99 Å². The highest BCUT2D eigenvalue weighted by atomic mass is 127. The zero-order valence-electron chi connectivity index (χ0n) is 12.3. The van der Waals surface area contributed by atoms with Crippen LogP contribution >= 0.6 is 35.6 Å². The zero-order chi connectivity index (χ0) is 14.8. The fraction of sp³-hybridized carbons (Fsp3) is 0.500. The third-order valence-corrected chi connectivity index (χ3v) is 3.13. The largest absolute Gasteiger partial charge is 0.497 e. The minimum atomic E-state index is -0.328. The van der Waals surface area contributed by atoms with Crippen molar-refractivity contribution < 1.29 is 9.13 Å². The second-order valence-corrected chi connectivity index (χ2v) is 4.58. The first-order chi connectivity index (χ1) is 9.71. The third-order valence-electron chi connectivity index (χ3n) is 2.77. The maximum atomic E-state index is 12.0. The molecular weight excluding hydrogens is 408 g/mol. The second kappa shape index (κ2) is 11.9. The van der Waals surface area contributed by atoms with Gasteiger partial charge in [0, 0.05) is 25.2 Å². The Morgan fingerprint density at radius 1 is 1.33 bits per heavy atom. The van der Waals surface area contributed by atoms with Crippen LogP contribution in [0.5, 0.6) is 5.75 Å². The molecule has 0 heterocycles. The predicted molar refractivity (Wildman–Crippen MR) is 97.1 cm³/mol. The van der Waals surface area contributed by atoms with E-state index in [1.165, 1.54) is 0 Å². The monoisotopic (exact) mass is 429 g/mol. The first-order valence-corrected chi connectivity index (χ1v) is 6.92. The van der Waals surface area contributed by atoms with Crippen LogP contribution < -0.4 is 15.4 Å². The van der Waals surface area contributed by atoms with Crippen LogP contribution in [0.25, 0.3) is 0 Å². The van der Waals surface area contributed by atoms with E-state index in [1.807, 2.05) is 12.1 Å². The normalized spacial score (nSPS) is 10.8. The van der Waals surface area contributed by atoms with Crippen molar-refractivity contribution in [3.63, 3.8) is 0 Å². The van der Waals surface area contributed by atoms with Crippen molar-refractivity contribution in [1.29, 1.82) is 0 Å². The fourth-order valence-electron chi connectivity index (χ4n) is 1.67. The lowest BCUT2D eigenvalue weighted by Crippen LogP contribution is -2.38. The Morgan fingerprint density at radius 2 is 2.05 bits per heavy atom. The average molecular weight is 430 g/mol. The summed E-state index contributed by atoms with van der Waals surface area (Å²) < 4.78 is 17.1. The number of methoxy groups -OCH3 is 1. The van der Waals surface area contributed by atoms with Gasteiger partial charge in [0.25, 0.3) is 0 Å². The summed E-state index contributed by atoms with van der Waals surface area (Å²) in [5.41, 5.74) is 1.04. The number of alkyl halides is 1. The second-order valence-electron chi connectivity index (χ2n) is 4.18. The Morgan fingerprint density at radius 3 is 2.62 bits per heavy atom. The molecule has 21 heavy (non-hydrogen) atoms. The van der Waals surface area contributed by atoms with Gasteiger partial charge in [0.15, 0.2) is 5.96 Å². The summed E-state index contributed by atoms with van der Waals surface area (Å²) in [5, 5.41) is 6.88. The van der Waals surface area contributed by atoms with E-state index >= 15 is 0 Å². The molecule has 4 nitrogen and oxygen atoms in total. The highest BCUT2D eigenvalue weighted by Crippen LogP contribution is 2.22. The van der Waals surface area contributed by atoms with E-state index in [2.05, 4.69) is 15.6 Å². The van der Waals surface area contributed by atoms with Crippen LogP contribution in [0, 0.1) is 0 Å². The van der Waals surface area contributed by atoms with E-state index in [0.29, 0.717) is 30.5 Å². The van der Waals surface area contributed by atoms with Crippen molar-refractivity contribution in [2.75, 3.05) is 33.9 Å². The van der Waals surface area contributed by atoms with Gasteiger partial charge < -0.3 is 15.4 Å². The van der Waals surface area contributed by atoms with Crippen LogP contribution in [-0.2, 0) is 6.42 Å². The number of nitrogens with zero attached hydrogens (tertiary/aromatic N) is 1. The first-order valence-electron chi connectivity index (χ1n) is 6.54. The lowest BCUT2D eigenvalue weighted by atomic mass is 10.1. The quantitative estimate of drug-likeness (QED) is 0.303. The molecule has 0 atom stereocenters. The Hall–Kier alpha value is -0.760. The molecule has 0 amide bonds.